The van der Waals surface area contributed by atoms with Gasteiger partial charge in [0.25, 0.3) is 0 Å². The van der Waals surface area contributed by atoms with Gasteiger partial charge < -0.3 is 25.4 Å². The molecule has 0 amide bonds. The summed E-state index contributed by atoms with van der Waals surface area (Å²) in [4.78, 5) is 15.1. The third kappa shape index (κ3) is 5.68. The molecule has 0 aromatic carbocycles. The molecule has 0 aliphatic heterocycles. The van der Waals surface area contributed by atoms with Gasteiger partial charge in [-0.1, -0.05) is 0 Å². The fourth-order valence-electron chi connectivity index (χ4n) is 1.79. The zero-order valence-corrected chi connectivity index (χ0v) is 13.3. The minimum Gasteiger partial charge on any atom is -0.389 e. The van der Waals surface area contributed by atoms with E-state index >= 15 is 0 Å². The molecule has 0 saturated heterocycles. The molecule has 120 valence electrons. The minimum atomic E-state index is -0.605. The fourth-order valence-corrected chi connectivity index (χ4v) is 1.79. The fraction of sp³-hybridized carbons (Fsp3) is 0.769. The molecular weight excluding hydrogens is 272 g/mol. The maximum absolute atomic E-state index is 9.67. The number of aliphatic hydroxyl groups is 1. The van der Waals surface area contributed by atoms with Crippen LogP contribution >= 0.6 is 0 Å². The van der Waals surface area contributed by atoms with Gasteiger partial charge in [-0.2, -0.15) is 15.0 Å². The van der Waals surface area contributed by atoms with Crippen LogP contribution in [0.5, 0.6) is 0 Å². The van der Waals surface area contributed by atoms with Gasteiger partial charge in [0.05, 0.1) is 12.7 Å². The predicted octanol–water partition coefficient (Wildman–Crippen LogP) is 0.569. The molecule has 1 aromatic heterocycles. The third-order valence-electron chi connectivity index (χ3n) is 2.86. The van der Waals surface area contributed by atoms with E-state index in [1.807, 2.05) is 11.8 Å². The molecule has 0 aliphatic rings. The smallest absolute Gasteiger partial charge is 0.231 e. The number of methoxy groups -OCH3 is 1. The van der Waals surface area contributed by atoms with Crippen LogP contribution in [0.4, 0.5) is 17.8 Å². The van der Waals surface area contributed by atoms with Gasteiger partial charge in [0.1, 0.15) is 0 Å². The lowest BCUT2D eigenvalue weighted by molar-refractivity contribution is 0.0726. The second-order valence-electron chi connectivity index (χ2n) is 4.48. The molecule has 21 heavy (non-hydrogen) atoms. The Hall–Kier alpha value is -1.67. The Morgan fingerprint density at radius 1 is 1.10 bits per heavy atom. The highest BCUT2D eigenvalue weighted by atomic mass is 16.5. The molecule has 0 spiro atoms. The lowest BCUT2D eigenvalue weighted by Gasteiger charge is -2.20. The SMILES string of the molecule is CCNc1nc(NCC(O)COC)nc(N(CC)CC)n1. The van der Waals surface area contributed by atoms with Crippen molar-refractivity contribution in [2.24, 2.45) is 0 Å². The lowest BCUT2D eigenvalue weighted by Crippen LogP contribution is -2.27. The Bertz CT molecular complexity index is 414. The monoisotopic (exact) mass is 298 g/mol. The summed E-state index contributed by atoms with van der Waals surface area (Å²) >= 11 is 0. The number of anilines is 3. The molecule has 1 unspecified atom stereocenters. The Kier molecular flexibility index (Phi) is 7.70. The normalized spacial score (nSPS) is 12.0. The van der Waals surface area contributed by atoms with Crippen LogP contribution in [0.3, 0.4) is 0 Å². The standard InChI is InChI=1S/C13H26N6O2/c1-5-14-11-16-12(15-8-10(20)9-21-4)18-13(17-11)19(6-2)7-3/h10,20H,5-9H2,1-4H3,(H2,14,15,16,17,18). The van der Waals surface area contributed by atoms with Crippen LogP contribution in [0.15, 0.2) is 0 Å². The van der Waals surface area contributed by atoms with E-state index in [0.29, 0.717) is 24.4 Å². The average Bonchev–Trinajstić information content (AvgIpc) is 2.47. The van der Waals surface area contributed by atoms with E-state index in [1.54, 1.807) is 7.11 Å². The van der Waals surface area contributed by atoms with Crippen molar-refractivity contribution in [2.45, 2.75) is 26.9 Å². The summed E-state index contributed by atoms with van der Waals surface area (Å²) in [6.07, 6.45) is -0.605. The van der Waals surface area contributed by atoms with Gasteiger partial charge in [0, 0.05) is 33.3 Å². The highest BCUT2D eigenvalue weighted by Crippen LogP contribution is 2.13. The topological polar surface area (TPSA) is 95.4 Å². The summed E-state index contributed by atoms with van der Waals surface area (Å²) in [6, 6.07) is 0. The van der Waals surface area contributed by atoms with Crippen molar-refractivity contribution in [3.8, 4) is 0 Å². The molecule has 0 saturated carbocycles. The van der Waals surface area contributed by atoms with E-state index in [9.17, 15) is 5.11 Å². The molecule has 1 rings (SSSR count). The van der Waals surface area contributed by atoms with E-state index in [1.165, 1.54) is 0 Å². The first kappa shape index (κ1) is 17.4. The molecule has 0 fully saturated rings. The molecule has 8 nitrogen and oxygen atoms in total. The van der Waals surface area contributed by atoms with Crippen molar-refractivity contribution in [1.82, 2.24) is 15.0 Å². The molecule has 0 bridgehead atoms. The van der Waals surface area contributed by atoms with Crippen LogP contribution in [-0.4, -0.2) is 66.1 Å². The first-order chi connectivity index (χ1) is 10.1. The van der Waals surface area contributed by atoms with Crippen LogP contribution in [0.2, 0.25) is 0 Å². The molecule has 0 radical (unpaired) electrons. The molecule has 1 aromatic rings. The number of hydrogen-bond acceptors (Lipinski definition) is 8. The van der Waals surface area contributed by atoms with Crippen LogP contribution in [0, 0.1) is 0 Å². The summed E-state index contributed by atoms with van der Waals surface area (Å²) < 4.78 is 4.89. The first-order valence-corrected chi connectivity index (χ1v) is 7.30. The zero-order chi connectivity index (χ0) is 15.7. The maximum atomic E-state index is 9.67. The van der Waals surface area contributed by atoms with Gasteiger partial charge in [-0.25, -0.2) is 0 Å². The molecule has 8 heteroatoms. The predicted molar refractivity (Wildman–Crippen MR) is 83.9 cm³/mol. The molecule has 0 aliphatic carbocycles. The molecular formula is C13H26N6O2. The van der Waals surface area contributed by atoms with E-state index in [2.05, 4.69) is 39.4 Å². The van der Waals surface area contributed by atoms with Gasteiger partial charge in [-0.05, 0) is 20.8 Å². The minimum absolute atomic E-state index is 0.265. The van der Waals surface area contributed by atoms with Gasteiger partial charge in [-0.3, -0.25) is 0 Å². The van der Waals surface area contributed by atoms with E-state index in [4.69, 9.17) is 4.74 Å². The Morgan fingerprint density at radius 2 is 1.71 bits per heavy atom. The Morgan fingerprint density at radius 3 is 2.24 bits per heavy atom. The highest BCUT2D eigenvalue weighted by molar-refractivity contribution is 5.43. The van der Waals surface area contributed by atoms with Crippen molar-refractivity contribution in [3.05, 3.63) is 0 Å². The van der Waals surface area contributed by atoms with Gasteiger partial charge in [0.2, 0.25) is 17.8 Å². The van der Waals surface area contributed by atoms with Crippen molar-refractivity contribution >= 4 is 17.8 Å². The maximum Gasteiger partial charge on any atom is 0.231 e. The van der Waals surface area contributed by atoms with Gasteiger partial charge >= 0.3 is 0 Å². The summed E-state index contributed by atoms with van der Waals surface area (Å²) in [5.41, 5.74) is 0. The van der Waals surface area contributed by atoms with E-state index in [0.717, 1.165) is 19.6 Å². The number of ether oxygens (including phenoxy) is 1. The number of hydrogen-bond donors (Lipinski definition) is 3. The van der Waals surface area contributed by atoms with E-state index < -0.39 is 6.10 Å². The molecule has 1 heterocycles. The van der Waals surface area contributed by atoms with Crippen molar-refractivity contribution in [2.75, 3.05) is 55.4 Å². The Balaban J connectivity index is 2.86. The van der Waals surface area contributed by atoms with Crippen LogP contribution in [0.1, 0.15) is 20.8 Å². The van der Waals surface area contributed by atoms with Crippen molar-refractivity contribution < 1.29 is 9.84 Å². The lowest BCUT2D eigenvalue weighted by atomic mass is 10.4. The number of aliphatic hydroxyl groups excluding tert-OH is 1. The second kappa shape index (κ2) is 9.30. The summed E-state index contributed by atoms with van der Waals surface area (Å²) in [7, 11) is 1.55. The molecule has 1 atom stereocenters. The third-order valence-corrected chi connectivity index (χ3v) is 2.86. The van der Waals surface area contributed by atoms with Crippen molar-refractivity contribution in [1.29, 1.82) is 0 Å². The van der Waals surface area contributed by atoms with Crippen LogP contribution in [-0.2, 0) is 4.74 Å². The van der Waals surface area contributed by atoms with Gasteiger partial charge in [-0.15, -0.1) is 0 Å². The number of nitrogens with zero attached hydrogens (tertiary/aromatic N) is 4. The Labute approximate surface area is 126 Å². The number of nitrogens with one attached hydrogen (secondary N) is 2. The highest BCUT2D eigenvalue weighted by Gasteiger charge is 2.12. The quantitative estimate of drug-likeness (QED) is 0.577. The van der Waals surface area contributed by atoms with Crippen LogP contribution in [0.25, 0.3) is 0 Å². The number of aromatic nitrogens is 3. The average molecular weight is 298 g/mol. The summed E-state index contributed by atoms with van der Waals surface area (Å²) in [6.45, 7) is 9.03. The largest absolute Gasteiger partial charge is 0.389 e. The number of rotatable bonds is 10. The zero-order valence-electron chi connectivity index (χ0n) is 13.3. The summed E-state index contributed by atoms with van der Waals surface area (Å²) in [5, 5.41) is 15.8. The summed E-state index contributed by atoms with van der Waals surface area (Å²) in [5.74, 6) is 1.59. The van der Waals surface area contributed by atoms with Crippen LogP contribution < -0.4 is 15.5 Å². The van der Waals surface area contributed by atoms with E-state index in [-0.39, 0.29) is 6.61 Å². The second-order valence-corrected chi connectivity index (χ2v) is 4.48. The van der Waals surface area contributed by atoms with Crippen molar-refractivity contribution in [3.63, 3.8) is 0 Å². The van der Waals surface area contributed by atoms with Gasteiger partial charge in [0.15, 0.2) is 0 Å². The molecule has 3 N–H and O–H groups in total. The first-order valence-electron chi connectivity index (χ1n) is 7.30.